The van der Waals surface area contributed by atoms with Crippen LogP contribution in [0, 0.1) is 15.9 Å². The van der Waals surface area contributed by atoms with Crippen LogP contribution in [0.1, 0.15) is 5.56 Å². The number of halogens is 5. The number of nitrogens with zero attached hydrogens (tertiary/aromatic N) is 1. The Morgan fingerprint density at radius 1 is 1.33 bits per heavy atom. The van der Waals surface area contributed by atoms with E-state index in [0.29, 0.717) is 0 Å². The van der Waals surface area contributed by atoms with Crippen LogP contribution in [0.3, 0.4) is 0 Å². The molecule has 0 radical (unpaired) electrons. The van der Waals surface area contributed by atoms with Crippen molar-refractivity contribution in [3.63, 3.8) is 0 Å². The van der Waals surface area contributed by atoms with E-state index in [1.54, 1.807) is 0 Å². The molecular formula is C7H2ClF4NO2. The summed E-state index contributed by atoms with van der Waals surface area (Å²) >= 11 is 5.10. The van der Waals surface area contributed by atoms with Crippen LogP contribution < -0.4 is 0 Å². The second-order valence-electron chi connectivity index (χ2n) is 2.54. The third kappa shape index (κ3) is 2.35. The number of nitro groups is 1. The first-order chi connectivity index (χ1) is 6.73. The maximum absolute atomic E-state index is 12.7. The van der Waals surface area contributed by atoms with E-state index in [1.165, 1.54) is 0 Å². The summed E-state index contributed by atoms with van der Waals surface area (Å²) in [5, 5.41) is 9.42. The Balaban J connectivity index is 3.49. The molecule has 0 heterocycles. The van der Waals surface area contributed by atoms with Crippen LogP contribution in [-0.2, 0) is 6.18 Å². The fourth-order valence-electron chi connectivity index (χ4n) is 0.914. The fraction of sp³-hybridized carbons (Fsp3) is 0.143. The molecule has 1 rings (SSSR count). The Hall–Kier alpha value is -1.37. The molecule has 0 saturated heterocycles. The number of rotatable bonds is 1. The first-order valence-corrected chi connectivity index (χ1v) is 3.82. The molecular weight excluding hydrogens is 242 g/mol. The lowest BCUT2D eigenvalue weighted by Crippen LogP contribution is -2.09. The van der Waals surface area contributed by atoms with Gasteiger partial charge in [-0.2, -0.15) is 13.2 Å². The topological polar surface area (TPSA) is 43.1 Å². The summed E-state index contributed by atoms with van der Waals surface area (Å²) in [5.41, 5.74) is -2.93. The van der Waals surface area contributed by atoms with Crippen molar-refractivity contribution in [2.45, 2.75) is 6.18 Å². The molecule has 8 heteroatoms. The second kappa shape index (κ2) is 3.65. The summed E-state index contributed by atoms with van der Waals surface area (Å²) in [6.07, 6.45) is -4.94. The summed E-state index contributed by atoms with van der Waals surface area (Å²) in [6, 6.07) is 0.334. The van der Waals surface area contributed by atoms with E-state index in [2.05, 4.69) is 0 Å². The van der Waals surface area contributed by atoms with Crippen molar-refractivity contribution in [1.29, 1.82) is 0 Å². The average Bonchev–Trinajstić information content (AvgIpc) is 2.06. The fourth-order valence-corrected chi connectivity index (χ4v) is 1.08. The van der Waals surface area contributed by atoms with Gasteiger partial charge in [0, 0.05) is 0 Å². The number of alkyl halides is 3. The smallest absolute Gasteiger partial charge is 0.258 e. The number of nitro benzene ring substituents is 1. The van der Waals surface area contributed by atoms with E-state index >= 15 is 0 Å². The van der Waals surface area contributed by atoms with E-state index in [4.69, 9.17) is 11.6 Å². The van der Waals surface area contributed by atoms with E-state index in [9.17, 15) is 27.7 Å². The molecule has 0 amide bonds. The van der Waals surface area contributed by atoms with Crippen LogP contribution >= 0.6 is 11.6 Å². The molecule has 0 bridgehead atoms. The van der Waals surface area contributed by atoms with Crippen molar-refractivity contribution >= 4 is 17.3 Å². The van der Waals surface area contributed by atoms with E-state index < -0.39 is 33.2 Å². The van der Waals surface area contributed by atoms with E-state index in [1.807, 2.05) is 0 Å². The first kappa shape index (κ1) is 11.7. The molecule has 0 saturated carbocycles. The van der Waals surface area contributed by atoms with Crippen LogP contribution in [0.2, 0.25) is 5.02 Å². The van der Waals surface area contributed by atoms with Gasteiger partial charge in [0.25, 0.3) is 5.69 Å². The van der Waals surface area contributed by atoms with Gasteiger partial charge in [-0.1, -0.05) is 11.6 Å². The lowest BCUT2D eigenvalue weighted by Gasteiger charge is -2.07. The molecule has 0 aliphatic rings. The molecule has 0 aromatic heterocycles. The maximum atomic E-state index is 12.7. The Morgan fingerprint density at radius 3 is 2.27 bits per heavy atom. The second-order valence-corrected chi connectivity index (χ2v) is 2.95. The predicted molar refractivity (Wildman–Crippen MR) is 43.1 cm³/mol. The van der Waals surface area contributed by atoms with E-state index in [0.717, 1.165) is 0 Å². The highest BCUT2D eigenvalue weighted by molar-refractivity contribution is 6.30. The first-order valence-electron chi connectivity index (χ1n) is 3.44. The van der Waals surface area contributed by atoms with Crippen molar-refractivity contribution in [3.8, 4) is 0 Å². The van der Waals surface area contributed by atoms with Gasteiger partial charge in [0.05, 0.1) is 16.0 Å². The molecule has 15 heavy (non-hydrogen) atoms. The molecule has 1 aromatic carbocycles. The van der Waals surface area contributed by atoms with Gasteiger partial charge < -0.3 is 0 Å². The van der Waals surface area contributed by atoms with Crippen molar-refractivity contribution in [2.75, 3.05) is 0 Å². The van der Waals surface area contributed by atoms with E-state index in [-0.39, 0.29) is 12.1 Å². The van der Waals surface area contributed by atoms with Gasteiger partial charge in [-0.25, -0.2) is 4.39 Å². The monoisotopic (exact) mass is 243 g/mol. The lowest BCUT2D eigenvalue weighted by molar-refractivity contribution is -0.388. The zero-order valence-corrected chi connectivity index (χ0v) is 7.56. The van der Waals surface area contributed by atoms with Crippen LogP contribution in [0.4, 0.5) is 23.2 Å². The summed E-state index contributed by atoms with van der Waals surface area (Å²) in [7, 11) is 0. The van der Waals surface area contributed by atoms with Crippen molar-refractivity contribution in [1.82, 2.24) is 0 Å². The number of hydrogen-bond acceptors (Lipinski definition) is 2. The summed E-state index contributed by atoms with van der Waals surface area (Å²) in [4.78, 5) is 8.91. The van der Waals surface area contributed by atoms with Gasteiger partial charge in [0.2, 0.25) is 0 Å². The van der Waals surface area contributed by atoms with Crippen LogP contribution in [0.5, 0.6) is 0 Å². The van der Waals surface area contributed by atoms with Crippen LogP contribution in [0.15, 0.2) is 12.1 Å². The SMILES string of the molecule is O=[N+]([O-])c1cc(F)c(Cl)cc1C(F)(F)F. The standard InChI is InChI=1S/C7H2ClF4NO2/c8-4-1-3(7(10,11)12)6(13(14)15)2-5(4)9/h1-2H. The quantitative estimate of drug-likeness (QED) is 0.431. The van der Waals surface area contributed by atoms with Crippen LogP contribution in [0.25, 0.3) is 0 Å². The van der Waals surface area contributed by atoms with Gasteiger partial charge in [-0.05, 0) is 6.07 Å². The Morgan fingerprint density at radius 2 is 1.87 bits per heavy atom. The molecule has 0 fully saturated rings. The molecule has 3 nitrogen and oxygen atoms in total. The molecule has 0 N–H and O–H groups in total. The van der Waals surface area contributed by atoms with Crippen molar-refractivity contribution < 1.29 is 22.5 Å². The highest BCUT2D eigenvalue weighted by Crippen LogP contribution is 2.38. The molecule has 0 atom stereocenters. The third-order valence-electron chi connectivity index (χ3n) is 1.54. The molecule has 0 unspecified atom stereocenters. The van der Waals surface area contributed by atoms with Gasteiger partial charge in [-0.3, -0.25) is 10.1 Å². The van der Waals surface area contributed by atoms with Gasteiger partial charge in [0.15, 0.2) is 0 Å². The molecule has 0 spiro atoms. The van der Waals surface area contributed by atoms with Crippen molar-refractivity contribution in [2.24, 2.45) is 0 Å². The average molecular weight is 244 g/mol. The van der Waals surface area contributed by atoms with Gasteiger partial charge in [0.1, 0.15) is 11.4 Å². The minimum absolute atomic E-state index is 0.144. The Bertz CT molecular complexity index is 418. The summed E-state index contributed by atoms with van der Waals surface area (Å²) in [6.45, 7) is 0. The largest absolute Gasteiger partial charge is 0.423 e. The highest BCUT2D eigenvalue weighted by Gasteiger charge is 2.39. The summed E-state index contributed by atoms with van der Waals surface area (Å²) < 4.78 is 49.4. The zero-order chi connectivity index (χ0) is 11.8. The van der Waals surface area contributed by atoms with Crippen molar-refractivity contribution in [3.05, 3.63) is 38.7 Å². The minimum atomic E-state index is -4.94. The van der Waals surface area contributed by atoms with Gasteiger partial charge in [-0.15, -0.1) is 0 Å². The normalized spacial score (nSPS) is 11.5. The molecule has 1 aromatic rings. The maximum Gasteiger partial charge on any atom is 0.423 e. The Kier molecular flexibility index (Phi) is 2.85. The molecule has 0 aliphatic carbocycles. The zero-order valence-electron chi connectivity index (χ0n) is 6.81. The molecule has 0 aliphatic heterocycles. The van der Waals surface area contributed by atoms with Crippen LogP contribution in [-0.4, -0.2) is 4.92 Å². The Labute approximate surface area is 85.4 Å². The highest BCUT2D eigenvalue weighted by atomic mass is 35.5. The third-order valence-corrected chi connectivity index (χ3v) is 1.83. The number of benzene rings is 1. The lowest BCUT2D eigenvalue weighted by atomic mass is 10.1. The molecule has 82 valence electrons. The predicted octanol–water partition coefficient (Wildman–Crippen LogP) is 3.41. The van der Waals surface area contributed by atoms with Gasteiger partial charge >= 0.3 is 6.18 Å². The number of hydrogen-bond donors (Lipinski definition) is 0. The minimum Gasteiger partial charge on any atom is -0.258 e. The summed E-state index contributed by atoms with van der Waals surface area (Å²) in [5.74, 6) is -1.27.